The van der Waals surface area contributed by atoms with Crippen LogP contribution >= 0.6 is 15.9 Å². The van der Waals surface area contributed by atoms with Crippen molar-refractivity contribution in [2.24, 2.45) is 0 Å². The summed E-state index contributed by atoms with van der Waals surface area (Å²) in [5.74, 6) is 0.869. The van der Waals surface area contributed by atoms with Gasteiger partial charge in [-0.15, -0.1) is 0 Å². The predicted molar refractivity (Wildman–Crippen MR) is 165 cm³/mol. The summed E-state index contributed by atoms with van der Waals surface area (Å²) in [7, 11) is 1.62. The summed E-state index contributed by atoms with van der Waals surface area (Å²) in [6.07, 6.45) is 4.54. The summed E-state index contributed by atoms with van der Waals surface area (Å²) in [6.45, 7) is 0.0385. The highest BCUT2D eigenvalue weighted by Crippen LogP contribution is 2.33. The number of nitrogens with zero attached hydrogens (tertiary/aromatic N) is 1. The van der Waals surface area contributed by atoms with E-state index in [0.717, 1.165) is 52.1 Å². The second-order valence-electron chi connectivity index (χ2n) is 10.5. The molecule has 5 rings (SSSR count). The van der Waals surface area contributed by atoms with Gasteiger partial charge in [-0.1, -0.05) is 85.6 Å². The number of carbonyl (C=O) groups is 2. The van der Waals surface area contributed by atoms with Gasteiger partial charge in [-0.05, 0) is 68.9 Å². The number of hydrogen-bond donors (Lipinski definition) is 1. The fourth-order valence-corrected chi connectivity index (χ4v) is 6.04. The summed E-state index contributed by atoms with van der Waals surface area (Å²) in [6, 6.07) is 28.7. The van der Waals surface area contributed by atoms with Crippen LogP contribution in [0, 0.1) is 0 Å². The molecule has 1 aliphatic rings. The average molecular weight is 616 g/mol. The van der Waals surface area contributed by atoms with E-state index in [2.05, 4.69) is 21.2 Å². The van der Waals surface area contributed by atoms with Crippen LogP contribution in [0.5, 0.6) is 11.5 Å². The van der Waals surface area contributed by atoms with Crippen molar-refractivity contribution in [3.05, 3.63) is 107 Å². The first kappa shape index (κ1) is 28.7. The van der Waals surface area contributed by atoms with Crippen LogP contribution < -0.4 is 14.8 Å². The van der Waals surface area contributed by atoms with E-state index in [0.29, 0.717) is 17.9 Å². The highest BCUT2D eigenvalue weighted by atomic mass is 79.9. The van der Waals surface area contributed by atoms with Crippen LogP contribution in [0.3, 0.4) is 0 Å². The first-order chi connectivity index (χ1) is 20.0. The van der Waals surface area contributed by atoms with Crippen LogP contribution in [0.25, 0.3) is 10.8 Å². The average Bonchev–Trinajstić information content (AvgIpc) is 3.52. The molecule has 6 nitrogen and oxygen atoms in total. The molecule has 0 heterocycles. The van der Waals surface area contributed by atoms with Crippen LogP contribution in [0.4, 0.5) is 0 Å². The molecule has 1 aliphatic carbocycles. The third kappa shape index (κ3) is 7.27. The molecule has 1 fully saturated rings. The SMILES string of the molecule is COc1cccc(CN(C(=O)COc2ccc3ccccc3c2Br)[C@@H](Cc2ccccc2)C(=O)NC2CCCC2)c1. The molecule has 7 heteroatoms. The van der Waals surface area contributed by atoms with E-state index in [1.807, 2.05) is 91.0 Å². The zero-order valence-corrected chi connectivity index (χ0v) is 24.8. The Morgan fingerprint density at radius 1 is 0.927 bits per heavy atom. The molecule has 0 saturated heterocycles. The lowest BCUT2D eigenvalue weighted by atomic mass is 10.0. The second-order valence-corrected chi connectivity index (χ2v) is 11.2. The Kier molecular flexibility index (Phi) is 9.57. The Balaban J connectivity index is 1.44. The first-order valence-electron chi connectivity index (χ1n) is 14.1. The number of fused-ring (bicyclic) bond motifs is 1. The van der Waals surface area contributed by atoms with Crippen LogP contribution in [0.15, 0.2) is 95.5 Å². The van der Waals surface area contributed by atoms with Gasteiger partial charge in [-0.25, -0.2) is 0 Å². The predicted octanol–water partition coefficient (Wildman–Crippen LogP) is 6.69. The molecule has 4 aromatic rings. The lowest BCUT2D eigenvalue weighted by Crippen LogP contribution is -2.53. The van der Waals surface area contributed by atoms with Gasteiger partial charge < -0.3 is 19.7 Å². The summed E-state index contributed by atoms with van der Waals surface area (Å²) < 4.78 is 12.3. The molecule has 41 heavy (non-hydrogen) atoms. The Labute approximate surface area is 249 Å². The van der Waals surface area contributed by atoms with Crippen molar-refractivity contribution >= 4 is 38.5 Å². The minimum absolute atomic E-state index is 0.135. The molecular weight excluding hydrogens is 580 g/mol. The molecule has 1 saturated carbocycles. The van der Waals surface area contributed by atoms with Crippen LogP contribution in [-0.2, 0) is 22.6 Å². The van der Waals surface area contributed by atoms with Gasteiger partial charge in [-0.3, -0.25) is 9.59 Å². The smallest absolute Gasteiger partial charge is 0.261 e. The van der Waals surface area contributed by atoms with Gasteiger partial charge in [0.05, 0.1) is 11.6 Å². The standard InChI is InChI=1S/C34H35BrN2O4/c1-40-28-16-9-12-25(20-28)22-37(32(38)23-41-31-19-18-26-13-5-8-17-29(26)33(31)35)30(21-24-10-3-2-4-11-24)34(39)36-27-14-6-7-15-27/h2-5,8-13,16-20,27,30H,6-7,14-15,21-23H2,1H3,(H,36,39)/t30-/m0/s1. The van der Waals surface area contributed by atoms with Crippen molar-refractivity contribution in [3.63, 3.8) is 0 Å². The number of amides is 2. The molecule has 0 spiro atoms. The molecule has 0 radical (unpaired) electrons. The number of hydrogen-bond acceptors (Lipinski definition) is 4. The number of rotatable bonds is 11. The molecule has 0 unspecified atom stereocenters. The van der Waals surface area contributed by atoms with Gasteiger partial charge in [0.25, 0.3) is 5.91 Å². The summed E-state index contributed by atoms with van der Waals surface area (Å²) in [5, 5.41) is 5.32. The van der Waals surface area contributed by atoms with Crippen LogP contribution in [0.1, 0.15) is 36.8 Å². The summed E-state index contributed by atoms with van der Waals surface area (Å²) in [5.41, 5.74) is 1.86. The zero-order chi connectivity index (χ0) is 28.6. The van der Waals surface area contributed by atoms with Gasteiger partial charge in [0.2, 0.25) is 5.91 Å². The Hall–Kier alpha value is -3.84. The number of methoxy groups -OCH3 is 1. The fraction of sp³-hybridized carbons (Fsp3) is 0.294. The van der Waals surface area contributed by atoms with Crippen molar-refractivity contribution in [2.75, 3.05) is 13.7 Å². The van der Waals surface area contributed by atoms with Gasteiger partial charge >= 0.3 is 0 Å². The van der Waals surface area contributed by atoms with Gasteiger partial charge in [0.15, 0.2) is 6.61 Å². The van der Waals surface area contributed by atoms with Crippen molar-refractivity contribution in [1.29, 1.82) is 0 Å². The maximum atomic E-state index is 14.0. The summed E-state index contributed by atoms with van der Waals surface area (Å²) >= 11 is 3.66. The van der Waals surface area contributed by atoms with Crippen molar-refractivity contribution < 1.29 is 19.1 Å². The number of ether oxygens (including phenoxy) is 2. The molecular formula is C34H35BrN2O4. The fourth-order valence-electron chi connectivity index (χ4n) is 5.44. The largest absolute Gasteiger partial charge is 0.497 e. The van der Waals surface area contributed by atoms with E-state index < -0.39 is 6.04 Å². The number of carbonyl (C=O) groups excluding carboxylic acids is 2. The monoisotopic (exact) mass is 614 g/mol. The highest BCUT2D eigenvalue weighted by molar-refractivity contribution is 9.10. The van der Waals surface area contributed by atoms with E-state index in [1.54, 1.807) is 12.0 Å². The van der Waals surface area contributed by atoms with Crippen molar-refractivity contribution in [2.45, 2.75) is 50.7 Å². The molecule has 4 aromatic carbocycles. The number of benzene rings is 4. The van der Waals surface area contributed by atoms with Crippen LogP contribution in [-0.4, -0.2) is 42.5 Å². The molecule has 1 N–H and O–H groups in total. The third-order valence-electron chi connectivity index (χ3n) is 7.64. The maximum Gasteiger partial charge on any atom is 0.261 e. The molecule has 212 valence electrons. The van der Waals surface area contributed by atoms with E-state index in [-0.39, 0.29) is 31.0 Å². The Morgan fingerprint density at radius 3 is 2.44 bits per heavy atom. The van der Waals surface area contributed by atoms with E-state index >= 15 is 0 Å². The number of halogens is 1. The number of nitrogens with one attached hydrogen (secondary N) is 1. The summed E-state index contributed by atoms with van der Waals surface area (Å²) in [4.78, 5) is 29.5. The quantitative estimate of drug-likeness (QED) is 0.204. The Bertz CT molecular complexity index is 1490. The maximum absolute atomic E-state index is 14.0. The van der Waals surface area contributed by atoms with E-state index in [4.69, 9.17) is 9.47 Å². The molecule has 0 aromatic heterocycles. The molecule has 0 bridgehead atoms. The zero-order valence-electron chi connectivity index (χ0n) is 23.2. The van der Waals surface area contributed by atoms with Gasteiger partial charge in [-0.2, -0.15) is 0 Å². The van der Waals surface area contributed by atoms with E-state index in [1.165, 1.54) is 0 Å². The lowest BCUT2D eigenvalue weighted by Gasteiger charge is -2.32. The molecule has 1 atom stereocenters. The normalized spacial score (nSPS) is 14.0. The highest BCUT2D eigenvalue weighted by Gasteiger charge is 2.32. The minimum Gasteiger partial charge on any atom is -0.497 e. The molecule has 0 aliphatic heterocycles. The second kappa shape index (κ2) is 13.7. The van der Waals surface area contributed by atoms with Crippen LogP contribution in [0.2, 0.25) is 0 Å². The topological polar surface area (TPSA) is 67.9 Å². The Morgan fingerprint density at radius 2 is 1.66 bits per heavy atom. The first-order valence-corrected chi connectivity index (χ1v) is 14.9. The lowest BCUT2D eigenvalue weighted by molar-refractivity contribution is -0.143. The molecule has 2 amide bonds. The van der Waals surface area contributed by atoms with Gasteiger partial charge in [0.1, 0.15) is 17.5 Å². The minimum atomic E-state index is -0.708. The van der Waals surface area contributed by atoms with Crippen molar-refractivity contribution in [1.82, 2.24) is 10.2 Å². The van der Waals surface area contributed by atoms with Gasteiger partial charge in [0, 0.05) is 19.0 Å². The van der Waals surface area contributed by atoms with E-state index in [9.17, 15) is 9.59 Å². The van der Waals surface area contributed by atoms with Crippen molar-refractivity contribution in [3.8, 4) is 11.5 Å². The third-order valence-corrected chi connectivity index (χ3v) is 8.46.